The van der Waals surface area contributed by atoms with Gasteiger partial charge < -0.3 is 10.3 Å². The molecule has 2 unspecified atom stereocenters. The first kappa shape index (κ1) is 21.6. The van der Waals surface area contributed by atoms with E-state index in [0.717, 1.165) is 12.8 Å². The lowest BCUT2D eigenvalue weighted by molar-refractivity contribution is -0.331. The van der Waals surface area contributed by atoms with Crippen LogP contribution in [-0.2, 0) is 4.84 Å². The van der Waals surface area contributed by atoms with E-state index in [-0.39, 0.29) is 28.6 Å². The molecule has 2 heterocycles. The molecule has 6 nitrogen and oxygen atoms in total. The zero-order valence-corrected chi connectivity index (χ0v) is 17.7. The van der Waals surface area contributed by atoms with Crippen molar-refractivity contribution >= 4 is 0 Å². The van der Waals surface area contributed by atoms with Gasteiger partial charge in [0.1, 0.15) is 0 Å². The van der Waals surface area contributed by atoms with Crippen LogP contribution in [0.1, 0.15) is 81.1 Å². The summed E-state index contributed by atoms with van der Waals surface area (Å²) in [5.41, 5.74) is -1.67. The molecule has 0 radical (unpaired) electrons. The Labute approximate surface area is 158 Å². The quantitative estimate of drug-likeness (QED) is 0.795. The van der Waals surface area contributed by atoms with Gasteiger partial charge in [0.2, 0.25) is 0 Å². The molecule has 0 aliphatic carbocycles. The highest BCUT2D eigenvalue weighted by Gasteiger charge is 2.53. The minimum atomic E-state index is -0.662. The fraction of sp³-hybridized carbons (Fsp3) is 0.950. The lowest BCUT2D eigenvalue weighted by Gasteiger charge is -2.56. The lowest BCUT2D eigenvalue weighted by Crippen LogP contribution is -2.66. The third-order valence-corrected chi connectivity index (χ3v) is 6.38. The molecule has 0 aromatic heterocycles. The second kappa shape index (κ2) is 6.72. The zero-order valence-electron chi connectivity index (χ0n) is 17.7. The summed E-state index contributed by atoms with van der Waals surface area (Å²) < 4.78 is 0. The average molecular weight is 368 g/mol. The van der Waals surface area contributed by atoms with E-state index in [0.29, 0.717) is 12.8 Å². The molecule has 2 atom stereocenters. The molecule has 0 aromatic rings. The van der Waals surface area contributed by atoms with Crippen LogP contribution in [0.3, 0.4) is 0 Å². The standard InChI is InChI=1S/C20H37N3O3/c1-17(2)10-9-15(20(7,8)22(17)25)16(13-21)26-23-18(3,4)11-14(24)12-19(23,5)6/h14-16,24-25H,9-12H2,1-8H3. The molecule has 6 heteroatoms. The van der Waals surface area contributed by atoms with Crippen LogP contribution < -0.4 is 0 Å². The van der Waals surface area contributed by atoms with Crippen molar-refractivity contribution in [1.29, 1.82) is 5.26 Å². The van der Waals surface area contributed by atoms with Gasteiger partial charge in [0, 0.05) is 28.1 Å². The molecule has 26 heavy (non-hydrogen) atoms. The van der Waals surface area contributed by atoms with Crippen LogP contribution in [-0.4, -0.2) is 54.8 Å². The minimum absolute atomic E-state index is 0.121. The van der Waals surface area contributed by atoms with Crippen LogP contribution in [0.25, 0.3) is 0 Å². The van der Waals surface area contributed by atoms with Gasteiger partial charge in [0.25, 0.3) is 0 Å². The summed E-state index contributed by atoms with van der Waals surface area (Å²) in [5.74, 6) is -0.121. The third kappa shape index (κ3) is 3.79. The van der Waals surface area contributed by atoms with Crippen molar-refractivity contribution in [2.45, 2.75) is 115 Å². The highest BCUT2D eigenvalue weighted by molar-refractivity contribution is 5.06. The normalized spacial score (nSPS) is 32.7. The number of rotatable bonds is 3. The van der Waals surface area contributed by atoms with Crippen LogP contribution in [0.15, 0.2) is 0 Å². The summed E-state index contributed by atoms with van der Waals surface area (Å²) in [6.07, 6.45) is 1.77. The molecule has 2 N–H and O–H groups in total. The van der Waals surface area contributed by atoms with Gasteiger partial charge in [-0.3, -0.25) is 4.84 Å². The van der Waals surface area contributed by atoms with E-state index < -0.39 is 11.6 Å². The largest absolute Gasteiger partial charge is 0.393 e. The van der Waals surface area contributed by atoms with Crippen LogP contribution >= 0.6 is 0 Å². The number of aliphatic hydroxyl groups excluding tert-OH is 1. The van der Waals surface area contributed by atoms with Gasteiger partial charge in [-0.05, 0) is 81.1 Å². The molecule has 0 bridgehead atoms. The van der Waals surface area contributed by atoms with E-state index in [2.05, 4.69) is 6.07 Å². The van der Waals surface area contributed by atoms with Crippen molar-refractivity contribution in [2.75, 3.05) is 0 Å². The molecule has 2 rings (SSSR count). The molecule has 2 aliphatic rings. The summed E-state index contributed by atoms with van der Waals surface area (Å²) in [5, 5.41) is 34.2. The van der Waals surface area contributed by atoms with Crippen LogP contribution in [0, 0.1) is 17.2 Å². The fourth-order valence-corrected chi connectivity index (χ4v) is 5.22. The summed E-state index contributed by atoms with van der Waals surface area (Å²) >= 11 is 0. The second-order valence-corrected chi connectivity index (χ2v) is 10.6. The van der Waals surface area contributed by atoms with Gasteiger partial charge in [-0.1, -0.05) is 0 Å². The van der Waals surface area contributed by atoms with E-state index in [9.17, 15) is 15.6 Å². The van der Waals surface area contributed by atoms with Crippen LogP contribution in [0.4, 0.5) is 0 Å². The summed E-state index contributed by atoms with van der Waals surface area (Å²) in [4.78, 5) is 6.33. The van der Waals surface area contributed by atoms with E-state index in [4.69, 9.17) is 4.84 Å². The Bertz CT molecular complexity index is 547. The molecule has 0 amide bonds. The van der Waals surface area contributed by atoms with Gasteiger partial charge in [-0.25, -0.2) is 0 Å². The molecule has 2 fully saturated rings. The maximum atomic E-state index is 10.7. The number of hydroxylamine groups is 4. The van der Waals surface area contributed by atoms with Crippen molar-refractivity contribution in [1.82, 2.24) is 10.1 Å². The maximum absolute atomic E-state index is 10.7. The molecular weight excluding hydrogens is 330 g/mol. The smallest absolute Gasteiger partial charge is 0.170 e. The lowest BCUT2D eigenvalue weighted by atomic mass is 9.71. The summed E-state index contributed by atoms with van der Waals surface area (Å²) in [7, 11) is 0. The molecular formula is C20H37N3O3. The Hall–Kier alpha value is -0.710. The van der Waals surface area contributed by atoms with Gasteiger partial charge in [0.15, 0.2) is 6.10 Å². The molecule has 0 spiro atoms. The predicted octanol–water partition coefficient (Wildman–Crippen LogP) is 3.48. The first-order valence-corrected chi connectivity index (χ1v) is 9.69. The molecule has 0 aromatic carbocycles. The number of piperidine rings is 2. The molecule has 2 saturated heterocycles. The number of hydrogen-bond acceptors (Lipinski definition) is 6. The monoisotopic (exact) mass is 367 g/mol. The SMILES string of the molecule is CC1(C)CC(O)CC(C)(C)N1OC(C#N)C1CCC(C)(C)N(O)C1(C)C. The van der Waals surface area contributed by atoms with Gasteiger partial charge in [-0.15, -0.1) is 0 Å². The highest BCUT2D eigenvalue weighted by Crippen LogP contribution is 2.45. The summed E-state index contributed by atoms with van der Waals surface area (Å²) in [6, 6.07) is 2.35. The topological polar surface area (TPSA) is 80.0 Å². The van der Waals surface area contributed by atoms with Gasteiger partial charge in [-0.2, -0.15) is 15.4 Å². The fourth-order valence-electron chi connectivity index (χ4n) is 5.22. The van der Waals surface area contributed by atoms with Gasteiger partial charge >= 0.3 is 0 Å². The highest BCUT2D eigenvalue weighted by atomic mass is 16.7. The van der Waals surface area contributed by atoms with E-state index in [1.54, 1.807) is 0 Å². The second-order valence-electron chi connectivity index (χ2n) is 10.6. The van der Waals surface area contributed by atoms with Crippen LogP contribution in [0.5, 0.6) is 0 Å². The Morgan fingerprint density at radius 1 is 1.00 bits per heavy atom. The van der Waals surface area contributed by atoms with Crippen molar-refractivity contribution in [2.24, 2.45) is 5.92 Å². The number of hydrogen-bond donors (Lipinski definition) is 2. The first-order valence-electron chi connectivity index (χ1n) is 9.69. The molecule has 150 valence electrons. The van der Waals surface area contributed by atoms with Crippen molar-refractivity contribution in [3.8, 4) is 6.07 Å². The number of nitriles is 1. The van der Waals surface area contributed by atoms with E-state index in [1.165, 1.54) is 5.06 Å². The van der Waals surface area contributed by atoms with Crippen LogP contribution in [0.2, 0.25) is 0 Å². The average Bonchev–Trinajstić information content (AvgIpc) is 2.44. The summed E-state index contributed by atoms with van der Waals surface area (Å²) in [6.45, 7) is 16.2. The minimum Gasteiger partial charge on any atom is -0.393 e. The Balaban J connectivity index is 2.28. The van der Waals surface area contributed by atoms with Crippen molar-refractivity contribution < 1.29 is 15.2 Å². The molecule has 0 saturated carbocycles. The Morgan fingerprint density at radius 3 is 1.96 bits per heavy atom. The van der Waals surface area contributed by atoms with Crippen molar-refractivity contribution in [3.63, 3.8) is 0 Å². The first-order chi connectivity index (χ1) is 11.6. The zero-order chi connectivity index (χ0) is 20.1. The Kier molecular flexibility index (Phi) is 5.58. The van der Waals surface area contributed by atoms with E-state index >= 15 is 0 Å². The molecule has 2 aliphatic heterocycles. The van der Waals surface area contributed by atoms with E-state index in [1.807, 2.05) is 60.5 Å². The predicted molar refractivity (Wildman–Crippen MR) is 100 cm³/mol. The number of aliphatic hydroxyl groups is 1. The third-order valence-electron chi connectivity index (χ3n) is 6.38. The Morgan fingerprint density at radius 2 is 1.50 bits per heavy atom. The van der Waals surface area contributed by atoms with Gasteiger partial charge in [0.05, 0.1) is 12.2 Å². The maximum Gasteiger partial charge on any atom is 0.170 e. The number of nitrogens with zero attached hydrogens (tertiary/aromatic N) is 3. The van der Waals surface area contributed by atoms with Crippen molar-refractivity contribution in [3.05, 3.63) is 0 Å².